The van der Waals surface area contributed by atoms with Crippen LogP contribution in [-0.4, -0.2) is 6.04 Å². The summed E-state index contributed by atoms with van der Waals surface area (Å²) in [4.78, 5) is 0. The van der Waals surface area contributed by atoms with E-state index in [2.05, 4.69) is 85.8 Å². The lowest BCUT2D eigenvalue weighted by Gasteiger charge is -2.22. The molecule has 0 aliphatic rings. The zero-order chi connectivity index (χ0) is 16.8. The molecule has 130 valence electrons. The molecule has 2 heteroatoms. The third-order valence-corrected chi connectivity index (χ3v) is 4.67. The molecule has 3 rings (SSSR count). The molecule has 3 aromatic carbocycles. The van der Waals surface area contributed by atoms with Gasteiger partial charge in [-0.15, -0.1) is 12.4 Å². The van der Waals surface area contributed by atoms with Gasteiger partial charge in [-0.2, -0.15) is 0 Å². The Labute approximate surface area is 157 Å². The molecule has 2 unspecified atom stereocenters. The van der Waals surface area contributed by atoms with Gasteiger partial charge in [-0.1, -0.05) is 84.9 Å². The average Bonchev–Trinajstić information content (AvgIpc) is 2.64. The summed E-state index contributed by atoms with van der Waals surface area (Å²) >= 11 is 0. The van der Waals surface area contributed by atoms with Crippen LogP contribution in [0.5, 0.6) is 0 Å². The normalized spacial score (nSPS) is 12.9. The van der Waals surface area contributed by atoms with E-state index < -0.39 is 0 Å². The van der Waals surface area contributed by atoms with E-state index in [0.717, 1.165) is 12.8 Å². The molecule has 0 saturated heterocycles. The molecule has 2 N–H and O–H groups in total. The lowest BCUT2D eigenvalue weighted by atomic mass is 9.86. The van der Waals surface area contributed by atoms with Crippen molar-refractivity contribution in [2.75, 3.05) is 0 Å². The van der Waals surface area contributed by atoms with Crippen LogP contribution in [0.4, 0.5) is 0 Å². The Balaban J connectivity index is 0.00000225. The number of benzene rings is 3. The number of hydrogen-bond donors (Lipinski definition) is 1. The SMILES string of the molecule is CC(N)C(CCc1ccccc1)c1ccc(-c2ccccc2)cc1.Cl. The highest BCUT2D eigenvalue weighted by Crippen LogP contribution is 2.27. The second-order valence-corrected chi connectivity index (χ2v) is 6.48. The van der Waals surface area contributed by atoms with Crippen molar-refractivity contribution in [3.05, 3.63) is 96.1 Å². The molecule has 2 atom stereocenters. The number of halogens is 1. The van der Waals surface area contributed by atoms with Crippen molar-refractivity contribution in [3.63, 3.8) is 0 Å². The monoisotopic (exact) mass is 351 g/mol. The Morgan fingerprint density at radius 3 is 1.80 bits per heavy atom. The van der Waals surface area contributed by atoms with Crippen LogP contribution in [-0.2, 0) is 6.42 Å². The maximum absolute atomic E-state index is 6.28. The zero-order valence-corrected chi connectivity index (χ0v) is 15.5. The van der Waals surface area contributed by atoms with Crippen LogP contribution >= 0.6 is 12.4 Å². The van der Waals surface area contributed by atoms with Crippen LogP contribution in [0, 0.1) is 0 Å². The standard InChI is InChI=1S/C23H25N.ClH/c1-18(24)23(17-12-19-8-4-2-5-9-19)22-15-13-21(14-16-22)20-10-6-3-7-11-20;/h2-11,13-16,18,23H,12,17,24H2,1H3;1H. The summed E-state index contributed by atoms with van der Waals surface area (Å²) in [6.07, 6.45) is 2.14. The van der Waals surface area contributed by atoms with Gasteiger partial charge in [0.05, 0.1) is 0 Å². The first-order chi connectivity index (χ1) is 11.7. The molecule has 0 radical (unpaired) electrons. The summed E-state index contributed by atoms with van der Waals surface area (Å²) in [5, 5.41) is 0. The van der Waals surface area contributed by atoms with Crippen molar-refractivity contribution in [1.29, 1.82) is 0 Å². The second kappa shape index (κ2) is 9.41. The smallest absolute Gasteiger partial charge is 0.00794 e. The van der Waals surface area contributed by atoms with Gasteiger partial charge in [0.25, 0.3) is 0 Å². The van der Waals surface area contributed by atoms with Gasteiger partial charge < -0.3 is 5.73 Å². The van der Waals surface area contributed by atoms with E-state index in [4.69, 9.17) is 5.73 Å². The van der Waals surface area contributed by atoms with Crippen LogP contribution in [0.1, 0.15) is 30.4 Å². The number of aryl methyl sites for hydroxylation is 1. The zero-order valence-electron chi connectivity index (χ0n) is 14.6. The van der Waals surface area contributed by atoms with Crippen molar-refractivity contribution in [3.8, 4) is 11.1 Å². The summed E-state index contributed by atoms with van der Waals surface area (Å²) in [6, 6.07) is 30.2. The summed E-state index contributed by atoms with van der Waals surface area (Å²) in [7, 11) is 0. The molecule has 0 spiro atoms. The molecule has 25 heavy (non-hydrogen) atoms. The summed E-state index contributed by atoms with van der Waals surface area (Å²) < 4.78 is 0. The van der Waals surface area contributed by atoms with Crippen LogP contribution in [0.2, 0.25) is 0 Å². The fourth-order valence-corrected chi connectivity index (χ4v) is 3.25. The minimum Gasteiger partial charge on any atom is -0.327 e. The summed E-state index contributed by atoms with van der Waals surface area (Å²) in [6.45, 7) is 2.11. The lowest BCUT2D eigenvalue weighted by molar-refractivity contribution is 0.530. The number of nitrogens with two attached hydrogens (primary N) is 1. The van der Waals surface area contributed by atoms with Gasteiger partial charge in [0.15, 0.2) is 0 Å². The van der Waals surface area contributed by atoms with E-state index in [-0.39, 0.29) is 18.4 Å². The van der Waals surface area contributed by atoms with Crippen LogP contribution in [0.15, 0.2) is 84.9 Å². The Morgan fingerprint density at radius 1 is 0.720 bits per heavy atom. The van der Waals surface area contributed by atoms with E-state index >= 15 is 0 Å². The molecule has 1 nitrogen and oxygen atoms in total. The molecule has 0 heterocycles. The molecule has 0 saturated carbocycles. The van der Waals surface area contributed by atoms with E-state index in [1.165, 1.54) is 22.3 Å². The van der Waals surface area contributed by atoms with Gasteiger partial charge in [-0.25, -0.2) is 0 Å². The third kappa shape index (κ3) is 5.19. The number of hydrogen-bond acceptors (Lipinski definition) is 1. The van der Waals surface area contributed by atoms with Crippen LogP contribution in [0.25, 0.3) is 11.1 Å². The van der Waals surface area contributed by atoms with E-state index in [9.17, 15) is 0 Å². The van der Waals surface area contributed by atoms with Crippen molar-refractivity contribution >= 4 is 12.4 Å². The summed E-state index contributed by atoms with van der Waals surface area (Å²) in [5.41, 5.74) is 11.5. The van der Waals surface area contributed by atoms with E-state index in [0.29, 0.717) is 5.92 Å². The maximum atomic E-state index is 6.28. The quantitative estimate of drug-likeness (QED) is 0.593. The van der Waals surface area contributed by atoms with Crippen molar-refractivity contribution < 1.29 is 0 Å². The Bertz CT molecular complexity index is 736. The predicted molar refractivity (Wildman–Crippen MR) is 110 cm³/mol. The first-order valence-corrected chi connectivity index (χ1v) is 8.69. The highest BCUT2D eigenvalue weighted by atomic mass is 35.5. The Hall–Kier alpha value is -2.09. The molecule has 0 aliphatic carbocycles. The third-order valence-electron chi connectivity index (χ3n) is 4.67. The Morgan fingerprint density at radius 2 is 1.24 bits per heavy atom. The lowest BCUT2D eigenvalue weighted by Crippen LogP contribution is -2.25. The number of rotatable bonds is 6. The van der Waals surface area contributed by atoms with Gasteiger partial charge in [0.1, 0.15) is 0 Å². The highest BCUT2D eigenvalue weighted by molar-refractivity contribution is 5.85. The second-order valence-electron chi connectivity index (χ2n) is 6.48. The molecular formula is C23H26ClN. The Kier molecular flexibility index (Phi) is 7.24. The first-order valence-electron chi connectivity index (χ1n) is 8.69. The van der Waals surface area contributed by atoms with E-state index in [1.807, 2.05) is 6.07 Å². The molecular weight excluding hydrogens is 326 g/mol. The van der Waals surface area contributed by atoms with Gasteiger partial charge in [0, 0.05) is 6.04 Å². The van der Waals surface area contributed by atoms with E-state index in [1.54, 1.807) is 0 Å². The fourth-order valence-electron chi connectivity index (χ4n) is 3.25. The minimum atomic E-state index is 0. The minimum absolute atomic E-state index is 0. The van der Waals surface area contributed by atoms with Crippen molar-refractivity contribution in [2.24, 2.45) is 5.73 Å². The van der Waals surface area contributed by atoms with Crippen LogP contribution in [0.3, 0.4) is 0 Å². The summed E-state index contributed by atoms with van der Waals surface area (Å²) in [5.74, 6) is 0.384. The fraction of sp³-hybridized carbons (Fsp3) is 0.217. The molecule has 0 bridgehead atoms. The molecule has 0 fully saturated rings. The molecule has 3 aromatic rings. The average molecular weight is 352 g/mol. The molecule has 0 aliphatic heterocycles. The largest absolute Gasteiger partial charge is 0.327 e. The topological polar surface area (TPSA) is 26.0 Å². The van der Waals surface area contributed by atoms with Gasteiger partial charge in [-0.3, -0.25) is 0 Å². The maximum Gasteiger partial charge on any atom is 0.00794 e. The van der Waals surface area contributed by atoms with Crippen molar-refractivity contribution in [2.45, 2.75) is 31.7 Å². The highest BCUT2D eigenvalue weighted by Gasteiger charge is 2.16. The van der Waals surface area contributed by atoms with Gasteiger partial charge in [0.2, 0.25) is 0 Å². The van der Waals surface area contributed by atoms with Gasteiger partial charge in [-0.05, 0) is 47.9 Å². The predicted octanol–water partition coefficient (Wildman–Crippen LogP) is 5.84. The molecule has 0 aromatic heterocycles. The van der Waals surface area contributed by atoms with Crippen molar-refractivity contribution in [1.82, 2.24) is 0 Å². The first kappa shape index (κ1) is 19.2. The van der Waals surface area contributed by atoms with Gasteiger partial charge >= 0.3 is 0 Å². The van der Waals surface area contributed by atoms with Crippen LogP contribution < -0.4 is 5.73 Å². The molecule has 0 amide bonds.